The second-order valence-electron chi connectivity index (χ2n) is 6.30. The normalized spacial score (nSPS) is 32.4. The van der Waals surface area contributed by atoms with Crippen LogP contribution in [0.3, 0.4) is 0 Å². The molecule has 2 N–H and O–H groups in total. The van der Waals surface area contributed by atoms with Crippen LogP contribution < -0.4 is 10.6 Å². The van der Waals surface area contributed by atoms with Crippen LogP contribution in [0.2, 0.25) is 0 Å². The summed E-state index contributed by atoms with van der Waals surface area (Å²) in [6, 6.07) is 0.190. The van der Waals surface area contributed by atoms with E-state index < -0.39 is 0 Å². The van der Waals surface area contributed by atoms with Crippen LogP contribution in [0.25, 0.3) is 0 Å². The highest BCUT2D eigenvalue weighted by Crippen LogP contribution is 2.42. The molecular formula is C14H27N3O2. The quantitative estimate of drug-likeness (QED) is 0.766. The Morgan fingerprint density at radius 2 is 2.05 bits per heavy atom. The topological polar surface area (TPSA) is 53.6 Å². The number of rotatable bonds is 4. The first-order chi connectivity index (χ1) is 8.96. The Labute approximate surface area is 116 Å². The molecule has 0 spiro atoms. The smallest absolute Gasteiger partial charge is 0.237 e. The average Bonchev–Trinajstić information content (AvgIpc) is 2.42. The second-order valence-corrected chi connectivity index (χ2v) is 6.30. The molecule has 0 bridgehead atoms. The van der Waals surface area contributed by atoms with E-state index in [1.807, 2.05) is 6.92 Å². The highest BCUT2D eigenvalue weighted by Gasteiger charge is 2.49. The minimum Gasteiger partial charge on any atom is -0.381 e. The van der Waals surface area contributed by atoms with Gasteiger partial charge in [0, 0.05) is 44.7 Å². The highest BCUT2D eigenvalue weighted by atomic mass is 16.5. The molecule has 3 unspecified atom stereocenters. The second kappa shape index (κ2) is 5.77. The van der Waals surface area contributed by atoms with Crippen LogP contribution >= 0.6 is 0 Å². The van der Waals surface area contributed by atoms with Crippen LogP contribution in [-0.4, -0.2) is 62.3 Å². The molecule has 110 valence electrons. The van der Waals surface area contributed by atoms with Crippen LogP contribution in [0, 0.1) is 5.41 Å². The molecule has 1 amide bonds. The summed E-state index contributed by atoms with van der Waals surface area (Å²) in [5, 5.41) is 6.50. The van der Waals surface area contributed by atoms with E-state index in [0.717, 1.165) is 32.6 Å². The van der Waals surface area contributed by atoms with Gasteiger partial charge in [0.2, 0.25) is 5.91 Å². The lowest BCUT2D eigenvalue weighted by Crippen LogP contribution is -2.64. The number of amides is 1. The van der Waals surface area contributed by atoms with Crippen molar-refractivity contribution >= 4 is 5.91 Å². The van der Waals surface area contributed by atoms with E-state index in [1.165, 1.54) is 0 Å². The summed E-state index contributed by atoms with van der Waals surface area (Å²) < 4.78 is 5.42. The molecule has 1 saturated heterocycles. The summed E-state index contributed by atoms with van der Waals surface area (Å²) >= 11 is 0. The van der Waals surface area contributed by atoms with E-state index in [9.17, 15) is 4.79 Å². The van der Waals surface area contributed by atoms with Crippen LogP contribution in [-0.2, 0) is 9.53 Å². The van der Waals surface area contributed by atoms with Crippen LogP contribution in [0.15, 0.2) is 0 Å². The van der Waals surface area contributed by atoms with Crippen molar-refractivity contribution in [3.8, 4) is 0 Å². The van der Waals surface area contributed by atoms with Gasteiger partial charge in [-0.15, -0.1) is 0 Å². The number of ether oxygens (including phenoxy) is 1. The fraction of sp³-hybridized carbons (Fsp3) is 0.929. The Kier molecular flexibility index (Phi) is 4.48. The molecule has 5 nitrogen and oxygen atoms in total. The fourth-order valence-corrected chi connectivity index (χ4v) is 3.06. The van der Waals surface area contributed by atoms with Gasteiger partial charge < -0.3 is 15.4 Å². The van der Waals surface area contributed by atoms with Gasteiger partial charge in [0.25, 0.3) is 0 Å². The molecule has 5 heteroatoms. The number of carbonyl (C=O) groups is 1. The molecule has 2 rings (SSSR count). The molecule has 1 aliphatic heterocycles. The molecule has 0 radical (unpaired) electrons. The predicted molar refractivity (Wildman–Crippen MR) is 75.0 cm³/mol. The molecule has 0 aromatic heterocycles. The van der Waals surface area contributed by atoms with Crippen molar-refractivity contribution in [1.82, 2.24) is 15.5 Å². The number of hydrogen-bond donors (Lipinski definition) is 2. The molecule has 1 aliphatic carbocycles. The van der Waals surface area contributed by atoms with Crippen LogP contribution in [0.5, 0.6) is 0 Å². The Bertz CT molecular complexity index is 327. The fourth-order valence-electron chi connectivity index (χ4n) is 3.06. The standard InChI is InChI=1S/C14H27N3O2/c1-10(17-7-5-15-6-8-17)13(18)16-11-9-12(19-4)14(11,2)3/h10-12,15H,5-9H2,1-4H3,(H,16,18). The maximum Gasteiger partial charge on any atom is 0.237 e. The van der Waals surface area contributed by atoms with Gasteiger partial charge in [-0.1, -0.05) is 13.8 Å². The van der Waals surface area contributed by atoms with Gasteiger partial charge in [0.05, 0.1) is 12.1 Å². The van der Waals surface area contributed by atoms with Crippen LogP contribution in [0.4, 0.5) is 0 Å². The molecule has 2 fully saturated rings. The number of carbonyl (C=O) groups excluding carboxylic acids is 1. The maximum atomic E-state index is 12.3. The lowest BCUT2D eigenvalue weighted by atomic mass is 9.64. The molecule has 2 aliphatic rings. The van der Waals surface area contributed by atoms with E-state index in [1.54, 1.807) is 7.11 Å². The summed E-state index contributed by atoms with van der Waals surface area (Å²) in [6.07, 6.45) is 1.18. The third kappa shape index (κ3) is 2.93. The first kappa shape index (κ1) is 14.8. The van der Waals surface area contributed by atoms with E-state index in [-0.39, 0.29) is 29.5 Å². The summed E-state index contributed by atoms with van der Waals surface area (Å²) in [4.78, 5) is 14.6. The van der Waals surface area contributed by atoms with Crippen molar-refractivity contribution in [2.75, 3.05) is 33.3 Å². The van der Waals surface area contributed by atoms with E-state index in [0.29, 0.717) is 0 Å². The Morgan fingerprint density at radius 1 is 1.42 bits per heavy atom. The van der Waals surface area contributed by atoms with Gasteiger partial charge in [-0.25, -0.2) is 0 Å². The Balaban J connectivity index is 1.84. The van der Waals surface area contributed by atoms with E-state index in [2.05, 4.69) is 29.4 Å². The highest BCUT2D eigenvalue weighted by molar-refractivity contribution is 5.81. The molecule has 19 heavy (non-hydrogen) atoms. The molecule has 3 atom stereocenters. The van der Waals surface area contributed by atoms with Crippen LogP contribution in [0.1, 0.15) is 27.2 Å². The zero-order valence-electron chi connectivity index (χ0n) is 12.5. The summed E-state index contributed by atoms with van der Waals surface area (Å²) in [7, 11) is 1.74. The third-order valence-corrected chi connectivity index (χ3v) is 4.86. The van der Waals surface area contributed by atoms with E-state index in [4.69, 9.17) is 4.74 Å². The predicted octanol–water partition coefficient (Wildman–Crippen LogP) is 0.210. The van der Waals surface area contributed by atoms with Crippen molar-refractivity contribution in [2.24, 2.45) is 5.41 Å². The molecule has 1 heterocycles. The number of methoxy groups -OCH3 is 1. The molecule has 1 saturated carbocycles. The number of piperazine rings is 1. The lowest BCUT2D eigenvalue weighted by molar-refractivity contribution is -0.137. The number of nitrogens with zero attached hydrogens (tertiary/aromatic N) is 1. The SMILES string of the molecule is COC1CC(NC(=O)C(C)N2CCNCC2)C1(C)C. The molecule has 0 aromatic carbocycles. The summed E-state index contributed by atoms with van der Waals surface area (Å²) in [5.41, 5.74) is 0.0353. The number of nitrogens with one attached hydrogen (secondary N) is 2. The zero-order chi connectivity index (χ0) is 14.0. The minimum absolute atomic E-state index is 0.0353. The largest absolute Gasteiger partial charge is 0.381 e. The Hall–Kier alpha value is -0.650. The van der Waals surface area contributed by atoms with Gasteiger partial charge in [-0.2, -0.15) is 0 Å². The van der Waals surface area contributed by atoms with Gasteiger partial charge >= 0.3 is 0 Å². The summed E-state index contributed by atoms with van der Waals surface area (Å²) in [6.45, 7) is 10.2. The zero-order valence-corrected chi connectivity index (χ0v) is 12.5. The van der Waals surface area contributed by atoms with Crippen molar-refractivity contribution < 1.29 is 9.53 Å². The van der Waals surface area contributed by atoms with Crippen molar-refractivity contribution in [3.63, 3.8) is 0 Å². The van der Waals surface area contributed by atoms with Crippen molar-refractivity contribution in [1.29, 1.82) is 0 Å². The Morgan fingerprint density at radius 3 is 2.58 bits per heavy atom. The van der Waals surface area contributed by atoms with Gasteiger partial charge in [0.15, 0.2) is 0 Å². The minimum atomic E-state index is -0.0421. The number of hydrogen-bond acceptors (Lipinski definition) is 4. The monoisotopic (exact) mass is 269 g/mol. The lowest BCUT2D eigenvalue weighted by Gasteiger charge is -2.51. The molecule has 0 aromatic rings. The van der Waals surface area contributed by atoms with Gasteiger partial charge in [-0.05, 0) is 13.3 Å². The molecular weight excluding hydrogens is 242 g/mol. The maximum absolute atomic E-state index is 12.3. The van der Waals surface area contributed by atoms with Gasteiger partial charge in [0.1, 0.15) is 0 Å². The first-order valence-corrected chi connectivity index (χ1v) is 7.24. The van der Waals surface area contributed by atoms with E-state index >= 15 is 0 Å². The third-order valence-electron chi connectivity index (χ3n) is 4.86. The average molecular weight is 269 g/mol. The van der Waals surface area contributed by atoms with Gasteiger partial charge in [-0.3, -0.25) is 9.69 Å². The van der Waals surface area contributed by atoms with Crippen molar-refractivity contribution in [3.05, 3.63) is 0 Å². The van der Waals surface area contributed by atoms with Crippen molar-refractivity contribution in [2.45, 2.75) is 45.4 Å². The summed E-state index contributed by atoms with van der Waals surface area (Å²) in [5.74, 6) is 0.148. The first-order valence-electron chi connectivity index (χ1n) is 7.24.